The van der Waals surface area contributed by atoms with Crippen LogP contribution >= 0.6 is 0 Å². The van der Waals surface area contributed by atoms with Crippen LogP contribution in [0.4, 0.5) is 5.69 Å². The normalized spacial score (nSPS) is 15.1. The highest BCUT2D eigenvalue weighted by Gasteiger charge is 2.37. The van der Waals surface area contributed by atoms with Crippen LogP contribution in [0.2, 0.25) is 0 Å². The second-order valence-corrected chi connectivity index (χ2v) is 7.51. The third kappa shape index (κ3) is 4.19. The number of rotatable bonds is 6. The molecule has 6 nitrogen and oxygen atoms in total. The van der Waals surface area contributed by atoms with Crippen molar-refractivity contribution in [2.75, 3.05) is 26.2 Å². The van der Waals surface area contributed by atoms with Crippen LogP contribution in [0.25, 0.3) is 6.08 Å². The minimum absolute atomic E-state index is 0.246. The molecule has 0 unspecified atom stereocenters. The number of benzene rings is 2. The first-order valence-electron chi connectivity index (χ1n) is 10.00. The first kappa shape index (κ1) is 22.2. The van der Waals surface area contributed by atoms with E-state index in [-0.39, 0.29) is 17.1 Å². The zero-order chi connectivity index (χ0) is 22.7. The summed E-state index contributed by atoms with van der Waals surface area (Å²) in [5.41, 5.74) is 3.61. The fraction of sp³-hybridized carbons (Fsp3) is 0.280. The van der Waals surface area contributed by atoms with Crippen molar-refractivity contribution in [2.45, 2.75) is 26.7 Å². The van der Waals surface area contributed by atoms with Crippen LogP contribution in [-0.4, -0.2) is 33.2 Å². The third-order valence-electron chi connectivity index (χ3n) is 5.33. The molecule has 0 atom stereocenters. The smallest absolute Gasteiger partial charge is 0.340 e. The van der Waals surface area contributed by atoms with E-state index in [1.807, 2.05) is 24.3 Å². The van der Waals surface area contributed by atoms with Crippen LogP contribution in [0.1, 0.15) is 37.8 Å². The van der Waals surface area contributed by atoms with Crippen LogP contribution in [0, 0.1) is 0 Å². The third-order valence-corrected chi connectivity index (χ3v) is 5.33. The van der Waals surface area contributed by atoms with E-state index in [0.29, 0.717) is 34.4 Å². The molecule has 0 saturated carbocycles. The fourth-order valence-corrected chi connectivity index (χ4v) is 3.61. The maximum Gasteiger partial charge on any atom is 0.340 e. The van der Waals surface area contributed by atoms with Gasteiger partial charge < -0.3 is 14.2 Å². The van der Waals surface area contributed by atoms with Crippen molar-refractivity contribution in [3.05, 3.63) is 70.4 Å². The number of carbonyl (C=O) groups excluding carboxylic acids is 2. The summed E-state index contributed by atoms with van der Waals surface area (Å²) in [6, 6.07) is 13.1. The quantitative estimate of drug-likeness (QED) is 0.499. The largest absolute Gasteiger partial charge is 0.493 e. The summed E-state index contributed by atoms with van der Waals surface area (Å²) >= 11 is 0. The van der Waals surface area contributed by atoms with Gasteiger partial charge in [-0.1, -0.05) is 32.0 Å². The number of amides is 1. The highest BCUT2D eigenvalue weighted by atomic mass is 16.5. The number of hydrogen-bond donors (Lipinski definition) is 0. The molecule has 0 fully saturated rings. The van der Waals surface area contributed by atoms with Crippen molar-refractivity contribution in [1.29, 1.82) is 0 Å². The molecule has 3 rings (SSSR count). The first-order chi connectivity index (χ1) is 14.8. The molecule has 0 spiro atoms. The van der Waals surface area contributed by atoms with Gasteiger partial charge in [0.25, 0.3) is 5.91 Å². The highest BCUT2D eigenvalue weighted by Crippen LogP contribution is 2.37. The summed E-state index contributed by atoms with van der Waals surface area (Å²) in [6.07, 6.45) is 1.67. The lowest BCUT2D eigenvalue weighted by molar-refractivity contribution is -0.136. The maximum absolute atomic E-state index is 13.4. The summed E-state index contributed by atoms with van der Waals surface area (Å²) in [5.74, 6) is 0.646. The van der Waals surface area contributed by atoms with Crippen molar-refractivity contribution < 1.29 is 23.8 Å². The Bertz CT molecular complexity index is 1060. The Morgan fingerprint density at radius 3 is 2.16 bits per heavy atom. The average molecular weight is 421 g/mol. The summed E-state index contributed by atoms with van der Waals surface area (Å²) in [5, 5.41) is 0. The number of allylic oxidation sites excluding steroid dienone is 1. The van der Waals surface area contributed by atoms with E-state index < -0.39 is 5.97 Å². The molecular formula is C25H27NO5. The molecule has 0 radical (unpaired) electrons. The summed E-state index contributed by atoms with van der Waals surface area (Å²) in [7, 11) is 4.41. The van der Waals surface area contributed by atoms with Crippen LogP contribution in [-0.2, 0) is 14.3 Å². The molecule has 0 bridgehead atoms. The van der Waals surface area contributed by atoms with Gasteiger partial charge in [0.15, 0.2) is 11.5 Å². The lowest BCUT2D eigenvalue weighted by Crippen LogP contribution is -2.24. The van der Waals surface area contributed by atoms with Gasteiger partial charge >= 0.3 is 5.97 Å². The molecule has 1 amide bonds. The number of nitrogens with zero attached hydrogens (tertiary/aromatic N) is 1. The minimum atomic E-state index is -0.557. The van der Waals surface area contributed by atoms with E-state index in [2.05, 4.69) is 13.8 Å². The molecule has 6 heteroatoms. The Hall–Kier alpha value is -3.54. The molecule has 1 aliphatic rings. The fourth-order valence-electron chi connectivity index (χ4n) is 3.61. The van der Waals surface area contributed by atoms with E-state index in [1.165, 1.54) is 12.7 Å². The van der Waals surface area contributed by atoms with Gasteiger partial charge in [-0.15, -0.1) is 0 Å². The molecule has 0 aliphatic carbocycles. The van der Waals surface area contributed by atoms with Gasteiger partial charge in [-0.25, -0.2) is 4.79 Å². The summed E-state index contributed by atoms with van der Waals surface area (Å²) < 4.78 is 15.6. The van der Waals surface area contributed by atoms with Gasteiger partial charge in [0, 0.05) is 11.4 Å². The van der Waals surface area contributed by atoms with Crippen LogP contribution in [0.5, 0.6) is 11.5 Å². The van der Waals surface area contributed by atoms with Gasteiger partial charge in [0.2, 0.25) is 0 Å². The SMILES string of the molecule is COC(=O)C1=C(C)N(c2ccc(C(C)C)cc2)C(=O)/C1=C\c1ccc(OC)c(OC)c1. The zero-order valence-electron chi connectivity index (χ0n) is 18.7. The van der Waals surface area contributed by atoms with Crippen molar-refractivity contribution in [3.8, 4) is 11.5 Å². The van der Waals surface area contributed by atoms with Crippen molar-refractivity contribution in [3.63, 3.8) is 0 Å². The molecule has 31 heavy (non-hydrogen) atoms. The van der Waals surface area contributed by atoms with E-state index >= 15 is 0 Å². The Kier molecular flexibility index (Phi) is 6.49. The van der Waals surface area contributed by atoms with Crippen molar-refractivity contribution in [1.82, 2.24) is 0 Å². The molecule has 0 aromatic heterocycles. The first-order valence-corrected chi connectivity index (χ1v) is 10.00. The number of methoxy groups -OCH3 is 3. The van der Waals surface area contributed by atoms with Crippen LogP contribution < -0.4 is 14.4 Å². The number of carbonyl (C=O) groups is 2. The molecule has 2 aromatic carbocycles. The average Bonchev–Trinajstić information content (AvgIpc) is 3.02. The Morgan fingerprint density at radius 1 is 0.968 bits per heavy atom. The number of esters is 1. The van der Waals surface area contributed by atoms with Crippen LogP contribution in [0.3, 0.4) is 0 Å². The van der Waals surface area contributed by atoms with Gasteiger partial charge in [0.05, 0.1) is 32.5 Å². The molecule has 1 heterocycles. The van der Waals surface area contributed by atoms with Crippen molar-refractivity contribution >= 4 is 23.6 Å². The zero-order valence-corrected chi connectivity index (χ0v) is 18.7. The predicted octanol–water partition coefficient (Wildman–Crippen LogP) is 4.70. The van der Waals surface area contributed by atoms with Gasteiger partial charge in [-0.3, -0.25) is 9.69 Å². The standard InChI is InChI=1S/C25H27NO5/c1-15(2)18-8-10-19(11-9-18)26-16(3)23(25(28)31-6)20(24(26)27)13-17-7-12-21(29-4)22(14-17)30-5/h7-15H,1-6H3/b20-13-. The van der Waals surface area contributed by atoms with Gasteiger partial charge in [-0.05, 0) is 54.3 Å². The number of hydrogen-bond acceptors (Lipinski definition) is 5. The van der Waals surface area contributed by atoms with E-state index in [1.54, 1.807) is 50.3 Å². The van der Waals surface area contributed by atoms with Gasteiger partial charge in [-0.2, -0.15) is 0 Å². The summed E-state index contributed by atoms with van der Waals surface area (Å²) in [6.45, 7) is 5.97. The minimum Gasteiger partial charge on any atom is -0.493 e. The van der Waals surface area contributed by atoms with Crippen LogP contribution in [0.15, 0.2) is 59.3 Å². The van der Waals surface area contributed by atoms with E-state index in [0.717, 1.165) is 0 Å². The second-order valence-electron chi connectivity index (χ2n) is 7.51. The Labute approximate surface area is 182 Å². The molecule has 1 aliphatic heterocycles. The molecule has 162 valence electrons. The summed E-state index contributed by atoms with van der Waals surface area (Å²) in [4.78, 5) is 27.5. The lowest BCUT2D eigenvalue weighted by atomic mass is 10.0. The maximum atomic E-state index is 13.4. The number of ether oxygens (including phenoxy) is 3. The lowest BCUT2D eigenvalue weighted by Gasteiger charge is -2.19. The van der Waals surface area contributed by atoms with E-state index in [4.69, 9.17) is 14.2 Å². The van der Waals surface area contributed by atoms with Crippen molar-refractivity contribution in [2.24, 2.45) is 0 Å². The molecule has 0 N–H and O–H groups in total. The molecular weight excluding hydrogens is 394 g/mol. The predicted molar refractivity (Wildman–Crippen MR) is 120 cm³/mol. The Morgan fingerprint density at radius 2 is 1.61 bits per heavy atom. The molecule has 2 aromatic rings. The Balaban J connectivity index is 2.09. The highest BCUT2D eigenvalue weighted by molar-refractivity contribution is 6.23. The number of anilines is 1. The second kappa shape index (κ2) is 9.08. The monoisotopic (exact) mass is 421 g/mol. The topological polar surface area (TPSA) is 65.1 Å². The molecule has 0 saturated heterocycles. The van der Waals surface area contributed by atoms with E-state index in [9.17, 15) is 9.59 Å². The van der Waals surface area contributed by atoms with Gasteiger partial charge in [0.1, 0.15) is 0 Å².